The molecule has 0 spiro atoms. The molecule has 10 heavy (non-hydrogen) atoms. The Bertz CT molecular complexity index is 133. The molecule has 0 aromatic carbocycles. The van der Waals surface area contributed by atoms with Gasteiger partial charge in [0, 0.05) is 13.0 Å². The van der Waals surface area contributed by atoms with Gasteiger partial charge < -0.3 is 9.84 Å². The van der Waals surface area contributed by atoms with Gasteiger partial charge in [-0.15, -0.1) is 0 Å². The minimum absolute atomic E-state index is 0.0298. The zero-order valence-corrected chi connectivity index (χ0v) is 7.06. The molecule has 0 bridgehead atoms. The number of halogens is 1. The molecule has 0 aliphatic heterocycles. The normalized spacial score (nSPS) is 9.00. The summed E-state index contributed by atoms with van der Waals surface area (Å²) < 4.78 is 4.80. The number of ether oxygens (including phenoxy) is 1. The molecule has 1 N–H and O–H groups in total. The summed E-state index contributed by atoms with van der Waals surface area (Å²) in [6.45, 7) is 3.58. The maximum Gasteiger partial charge on any atom is 0.344 e. The molecule has 0 unspecified atom stereocenters. The third-order valence-corrected chi connectivity index (χ3v) is 1.08. The first-order valence-electron chi connectivity index (χ1n) is 2.81. The smallest absolute Gasteiger partial charge is 0.344 e. The van der Waals surface area contributed by atoms with Crippen LogP contribution in [0, 0.1) is 0 Å². The van der Waals surface area contributed by atoms with E-state index in [0.717, 1.165) is 0 Å². The van der Waals surface area contributed by atoms with Gasteiger partial charge in [0.2, 0.25) is 0 Å². The van der Waals surface area contributed by atoms with Crippen LogP contribution in [0.3, 0.4) is 0 Å². The van der Waals surface area contributed by atoms with Gasteiger partial charge in [-0.05, 0) is 15.9 Å². The van der Waals surface area contributed by atoms with Crippen LogP contribution >= 0.6 is 15.9 Å². The predicted octanol–water partition coefficient (Wildman–Crippen LogP) is 0.821. The predicted molar refractivity (Wildman–Crippen MR) is 40.7 cm³/mol. The summed E-state index contributed by atoms with van der Waals surface area (Å²) in [6, 6.07) is 0. The summed E-state index contributed by atoms with van der Waals surface area (Å²) in [4.78, 5) is 10.6. The Labute approximate surface area is 67.8 Å². The Morgan fingerprint density at radius 1 is 1.70 bits per heavy atom. The molecule has 58 valence electrons. The van der Waals surface area contributed by atoms with Crippen molar-refractivity contribution in [3.63, 3.8) is 0 Å². The molecule has 0 saturated carbocycles. The van der Waals surface area contributed by atoms with Crippen LogP contribution < -0.4 is 0 Å². The number of aliphatic hydroxyl groups excluding tert-OH is 1. The topological polar surface area (TPSA) is 46.5 Å². The van der Waals surface area contributed by atoms with E-state index in [1.165, 1.54) is 0 Å². The van der Waals surface area contributed by atoms with E-state index in [1.54, 1.807) is 0 Å². The van der Waals surface area contributed by atoms with Crippen LogP contribution in [-0.2, 0) is 9.53 Å². The third kappa shape index (κ3) is 4.52. The number of hydrogen-bond acceptors (Lipinski definition) is 3. The molecule has 0 aliphatic carbocycles. The highest BCUT2D eigenvalue weighted by molar-refractivity contribution is 9.12. The van der Waals surface area contributed by atoms with Crippen LogP contribution in [-0.4, -0.2) is 24.3 Å². The second-order valence-electron chi connectivity index (χ2n) is 1.62. The van der Waals surface area contributed by atoms with Gasteiger partial charge >= 0.3 is 5.97 Å². The molecule has 0 aromatic rings. The molecule has 0 amide bonds. The molecule has 4 heteroatoms. The van der Waals surface area contributed by atoms with Crippen molar-refractivity contribution in [3.8, 4) is 0 Å². The molecule has 3 nitrogen and oxygen atoms in total. The van der Waals surface area contributed by atoms with Crippen LogP contribution in [0.5, 0.6) is 0 Å². The van der Waals surface area contributed by atoms with Crippen LogP contribution in [0.25, 0.3) is 0 Å². The number of carbonyl (C=O) groups is 1. The summed E-state index contributed by atoms with van der Waals surface area (Å²) in [5.41, 5.74) is 0. The summed E-state index contributed by atoms with van der Waals surface area (Å²) in [5.74, 6) is -0.478. The summed E-state index contributed by atoms with van der Waals surface area (Å²) >= 11 is 2.86. The van der Waals surface area contributed by atoms with E-state index < -0.39 is 5.97 Å². The van der Waals surface area contributed by atoms with E-state index >= 15 is 0 Å². The van der Waals surface area contributed by atoms with Crippen LogP contribution in [0.15, 0.2) is 11.1 Å². The van der Waals surface area contributed by atoms with Gasteiger partial charge in [0.05, 0.1) is 11.1 Å². The highest BCUT2D eigenvalue weighted by Gasteiger charge is 2.02. The van der Waals surface area contributed by atoms with E-state index in [2.05, 4.69) is 27.2 Å². The molecule has 0 aliphatic rings. The van der Waals surface area contributed by atoms with Gasteiger partial charge in [-0.1, -0.05) is 6.58 Å². The van der Waals surface area contributed by atoms with Crippen molar-refractivity contribution >= 4 is 21.9 Å². The molecule has 0 fully saturated rings. The zero-order chi connectivity index (χ0) is 7.98. The average Bonchev–Trinajstić information content (AvgIpc) is 1.88. The molecule has 0 heterocycles. The lowest BCUT2D eigenvalue weighted by atomic mass is 10.5. The summed E-state index contributed by atoms with van der Waals surface area (Å²) in [5, 5.41) is 8.29. The number of rotatable bonds is 4. The second-order valence-corrected chi connectivity index (χ2v) is 2.58. The van der Waals surface area contributed by atoms with Crippen LogP contribution in [0.4, 0.5) is 0 Å². The van der Waals surface area contributed by atoms with Gasteiger partial charge in [0.1, 0.15) is 0 Å². The van der Waals surface area contributed by atoms with E-state index in [9.17, 15) is 4.79 Å². The Morgan fingerprint density at radius 3 is 2.70 bits per heavy atom. The summed E-state index contributed by atoms with van der Waals surface area (Å²) in [7, 11) is 0. The molecule has 0 aromatic heterocycles. The standard InChI is InChI=1S/C6H9BrO3/c1-5(7)6(9)10-4-2-3-8/h8H,1-4H2. The lowest BCUT2D eigenvalue weighted by Crippen LogP contribution is -2.05. The zero-order valence-electron chi connectivity index (χ0n) is 5.47. The van der Waals surface area contributed by atoms with Crippen molar-refractivity contribution in [1.82, 2.24) is 0 Å². The molecule has 0 saturated heterocycles. The Kier molecular flexibility index (Phi) is 5.25. The largest absolute Gasteiger partial charge is 0.462 e. The van der Waals surface area contributed by atoms with E-state index in [4.69, 9.17) is 5.11 Å². The van der Waals surface area contributed by atoms with E-state index in [0.29, 0.717) is 6.42 Å². The molecule has 0 atom stereocenters. The summed E-state index contributed by atoms with van der Waals surface area (Å²) in [6.07, 6.45) is 0.464. The molecular weight excluding hydrogens is 200 g/mol. The van der Waals surface area contributed by atoms with E-state index in [1.807, 2.05) is 0 Å². The monoisotopic (exact) mass is 208 g/mol. The maximum atomic E-state index is 10.6. The first kappa shape index (κ1) is 9.65. The van der Waals surface area contributed by atoms with Crippen LogP contribution in [0.2, 0.25) is 0 Å². The van der Waals surface area contributed by atoms with Crippen molar-refractivity contribution < 1.29 is 14.6 Å². The fourth-order valence-corrected chi connectivity index (χ4v) is 0.422. The molecular formula is C6H9BrO3. The Morgan fingerprint density at radius 2 is 2.30 bits per heavy atom. The number of carbonyl (C=O) groups excluding carboxylic acids is 1. The van der Waals surface area contributed by atoms with Crippen molar-refractivity contribution in [2.24, 2.45) is 0 Å². The van der Waals surface area contributed by atoms with Crippen molar-refractivity contribution in [2.45, 2.75) is 6.42 Å². The highest BCUT2D eigenvalue weighted by Crippen LogP contribution is 2.02. The Hall–Kier alpha value is -0.350. The van der Waals surface area contributed by atoms with Crippen molar-refractivity contribution in [3.05, 3.63) is 11.1 Å². The van der Waals surface area contributed by atoms with Gasteiger partial charge in [-0.3, -0.25) is 0 Å². The highest BCUT2D eigenvalue weighted by atomic mass is 79.9. The van der Waals surface area contributed by atoms with Crippen molar-refractivity contribution in [2.75, 3.05) is 13.2 Å². The first-order valence-corrected chi connectivity index (χ1v) is 3.60. The number of aliphatic hydroxyl groups is 1. The fraction of sp³-hybridized carbons (Fsp3) is 0.500. The Balaban J connectivity index is 3.31. The number of hydrogen-bond donors (Lipinski definition) is 1. The minimum atomic E-state index is -0.478. The van der Waals surface area contributed by atoms with Gasteiger partial charge in [-0.25, -0.2) is 4.79 Å². The van der Waals surface area contributed by atoms with Gasteiger partial charge in [0.15, 0.2) is 0 Å². The number of esters is 1. The minimum Gasteiger partial charge on any atom is -0.462 e. The fourth-order valence-electron chi connectivity index (χ4n) is 0.308. The maximum absolute atomic E-state index is 10.6. The van der Waals surface area contributed by atoms with Crippen molar-refractivity contribution in [1.29, 1.82) is 0 Å². The van der Waals surface area contributed by atoms with Crippen LogP contribution in [0.1, 0.15) is 6.42 Å². The molecule has 0 radical (unpaired) electrons. The quantitative estimate of drug-likeness (QED) is 0.423. The third-order valence-electron chi connectivity index (χ3n) is 0.757. The average molecular weight is 209 g/mol. The van der Waals surface area contributed by atoms with E-state index in [-0.39, 0.29) is 17.7 Å². The lowest BCUT2D eigenvalue weighted by molar-refractivity contribution is -0.138. The van der Waals surface area contributed by atoms with Gasteiger partial charge in [0.25, 0.3) is 0 Å². The van der Waals surface area contributed by atoms with Gasteiger partial charge in [-0.2, -0.15) is 0 Å². The SMILES string of the molecule is C=C(Br)C(=O)OCCCO. The first-order chi connectivity index (χ1) is 4.68. The lowest BCUT2D eigenvalue weighted by Gasteiger charge is -1.99. The second kappa shape index (κ2) is 5.44. The molecule has 0 rings (SSSR count).